The highest BCUT2D eigenvalue weighted by Gasteiger charge is 2.12. The van der Waals surface area contributed by atoms with Gasteiger partial charge in [0.1, 0.15) is 12.1 Å². The third kappa shape index (κ3) is 3.70. The van der Waals surface area contributed by atoms with Crippen molar-refractivity contribution in [2.45, 2.75) is 20.1 Å². The first-order valence-electron chi connectivity index (χ1n) is 9.06. The van der Waals surface area contributed by atoms with Crippen LogP contribution in [0.2, 0.25) is 0 Å². The van der Waals surface area contributed by atoms with Crippen LogP contribution < -0.4 is 5.32 Å². The van der Waals surface area contributed by atoms with Gasteiger partial charge in [0.2, 0.25) is 0 Å². The van der Waals surface area contributed by atoms with Gasteiger partial charge in [0.15, 0.2) is 0 Å². The van der Waals surface area contributed by atoms with E-state index in [1.165, 1.54) is 0 Å². The summed E-state index contributed by atoms with van der Waals surface area (Å²) in [5.74, 6) is 0.766. The van der Waals surface area contributed by atoms with E-state index in [4.69, 9.17) is 4.74 Å². The van der Waals surface area contributed by atoms with Crippen LogP contribution in [0.15, 0.2) is 49.1 Å². The minimum atomic E-state index is 0.465. The molecule has 0 aliphatic rings. The number of rotatable bonds is 6. The molecule has 0 saturated carbocycles. The molecule has 3 heterocycles. The highest BCUT2D eigenvalue weighted by Crippen LogP contribution is 2.29. The Kier molecular flexibility index (Phi) is 4.99. The number of anilines is 1. The molecule has 7 heteroatoms. The predicted octanol–water partition coefficient (Wildman–Crippen LogP) is 3.49. The fourth-order valence-corrected chi connectivity index (χ4v) is 3.17. The van der Waals surface area contributed by atoms with Gasteiger partial charge in [-0.05, 0) is 36.8 Å². The molecule has 4 rings (SSSR count). The number of ether oxygens (including phenoxy) is 1. The molecule has 142 valence electrons. The molecule has 1 N–H and O–H groups in total. The second-order valence-electron chi connectivity index (χ2n) is 6.74. The number of fused-ring (bicyclic) bond motifs is 1. The SMILES string of the molecule is COCc1cc(-c2ccc(C)cn2)cc2c(NCc3ccn(C)n3)ncnc12. The minimum Gasteiger partial charge on any atom is -0.380 e. The van der Waals surface area contributed by atoms with Crippen LogP contribution in [0.1, 0.15) is 16.8 Å². The van der Waals surface area contributed by atoms with Crippen LogP contribution in [0, 0.1) is 6.92 Å². The summed E-state index contributed by atoms with van der Waals surface area (Å²) in [6.07, 6.45) is 5.37. The highest BCUT2D eigenvalue weighted by atomic mass is 16.5. The Labute approximate surface area is 163 Å². The van der Waals surface area contributed by atoms with Crippen molar-refractivity contribution in [2.24, 2.45) is 7.05 Å². The lowest BCUT2D eigenvalue weighted by Crippen LogP contribution is -2.05. The van der Waals surface area contributed by atoms with Gasteiger partial charge in [-0.2, -0.15) is 5.10 Å². The lowest BCUT2D eigenvalue weighted by Gasteiger charge is -2.12. The number of aryl methyl sites for hydroxylation is 2. The first kappa shape index (κ1) is 18.1. The topological polar surface area (TPSA) is 77.8 Å². The van der Waals surface area contributed by atoms with Gasteiger partial charge in [0, 0.05) is 43.1 Å². The highest BCUT2D eigenvalue weighted by molar-refractivity contribution is 5.94. The zero-order valence-corrected chi connectivity index (χ0v) is 16.2. The Morgan fingerprint density at radius 2 is 2.00 bits per heavy atom. The Balaban J connectivity index is 1.78. The number of benzene rings is 1. The molecule has 3 aromatic heterocycles. The molecule has 28 heavy (non-hydrogen) atoms. The lowest BCUT2D eigenvalue weighted by molar-refractivity contribution is 0.186. The number of nitrogens with zero attached hydrogens (tertiary/aromatic N) is 5. The normalized spacial score (nSPS) is 11.1. The van der Waals surface area contributed by atoms with Crippen molar-refractivity contribution in [1.82, 2.24) is 24.7 Å². The van der Waals surface area contributed by atoms with Gasteiger partial charge in [-0.1, -0.05) is 6.07 Å². The largest absolute Gasteiger partial charge is 0.380 e. The molecule has 0 spiro atoms. The first-order valence-corrected chi connectivity index (χ1v) is 9.06. The minimum absolute atomic E-state index is 0.465. The standard InChI is InChI=1S/C21H22N6O/c1-14-4-5-19(22-10-14)15-8-16(12-28-3)20-18(9-15)21(25-13-24-20)23-11-17-6-7-27(2)26-17/h4-10,13H,11-12H2,1-3H3,(H,23,24,25). The number of hydrogen-bond acceptors (Lipinski definition) is 6. The van der Waals surface area contributed by atoms with Gasteiger partial charge in [-0.25, -0.2) is 9.97 Å². The van der Waals surface area contributed by atoms with Crippen molar-refractivity contribution >= 4 is 16.7 Å². The predicted molar refractivity (Wildman–Crippen MR) is 109 cm³/mol. The third-order valence-electron chi connectivity index (χ3n) is 4.53. The second kappa shape index (κ2) is 7.74. The molecule has 0 saturated heterocycles. The van der Waals surface area contributed by atoms with Crippen LogP contribution in [-0.2, 0) is 24.9 Å². The Morgan fingerprint density at radius 1 is 1.11 bits per heavy atom. The van der Waals surface area contributed by atoms with E-state index in [-0.39, 0.29) is 0 Å². The smallest absolute Gasteiger partial charge is 0.137 e. The summed E-state index contributed by atoms with van der Waals surface area (Å²) in [7, 11) is 3.59. The van der Waals surface area contributed by atoms with Crippen LogP contribution in [0.4, 0.5) is 5.82 Å². The summed E-state index contributed by atoms with van der Waals surface area (Å²) in [4.78, 5) is 13.5. The van der Waals surface area contributed by atoms with Gasteiger partial charge in [-0.15, -0.1) is 0 Å². The van der Waals surface area contributed by atoms with Crippen molar-refractivity contribution in [3.63, 3.8) is 0 Å². The summed E-state index contributed by atoms with van der Waals surface area (Å²) in [6.45, 7) is 3.08. The van der Waals surface area contributed by atoms with E-state index in [1.54, 1.807) is 18.1 Å². The Morgan fingerprint density at radius 3 is 2.71 bits per heavy atom. The summed E-state index contributed by atoms with van der Waals surface area (Å²) in [5, 5.41) is 8.73. The van der Waals surface area contributed by atoms with Crippen molar-refractivity contribution in [1.29, 1.82) is 0 Å². The van der Waals surface area contributed by atoms with Crippen LogP contribution in [0.3, 0.4) is 0 Å². The van der Waals surface area contributed by atoms with Gasteiger partial charge < -0.3 is 10.1 Å². The molecule has 0 aliphatic heterocycles. The number of pyridine rings is 1. The van der Waals surface area contributed by atoms with Gasteiger partial charge in [-0.3, -0.25) is 9.67 Å². The molecule has 7 nitrogen and oxygen atoms in total. The van der Waals surface area contributed by atoms with Crippen LogP contribution in [0.25, 0.3) is 22.2 Å². The second-order valence-corrected chi connectivity index (χ2v) is 6.74. The van der Waals surface area contributed by atoms with Gasteiger partial charge in [0.25, 0.3) is 0 Å². The molecule has 0 bridgehead atoms. The molecule has 0 aliphatic carbocycles. The molecule has 0 amide bonds. The van der Waals surface area contributed by atoms with Crippen molar-refractivity contribution < 1.29 is 4.74 Å². The number of nitrogens with one attached hydrogen (secondary N) is 1. The van der Waals surface area contributed by atoms with E-state index >= 15 is 0 Å². The molecular formula is C21H22N6O. The van der Waals surface area contributed by atoms with Crippen molar-refractivity contribution in [2.75, 3.05) is 12.4 Å². The van der Waals surface area contributed by atoms with Crippen LogP contribution >= 0.6 is 0 Å². The molecule has 0 radical (unpaired) electrons. The molecule has 0 unspecified atom stereocenters. The number of hydrogen-bond donors (Lipinski definition) is 1. The van der Waals surface area contributed by atoms with Gasteiger partial charge >= 0.3 is 0 Å². The van der Waals surface area contributed by atoms with Gasteiger partial charge in [0.05, 0.1) is 30.1 Å². The molecule has 4 aromatic rings. The summed E-state index contributed by atoms with van der Waals surface area (Å²) in [6, 6.07) is 10.2. The average Bonchev–Trinajstić information content (AvgIpc) is 3.12. The maximum absolute atomic E-state index is 5.40. The van der Waals surface area contributed by atoms with Crippen molar-refractivity contribution in [3.05, 3.63) is 65.9 Å². The molecule has 0 fully saturated rings. The molecular weight excluding hydrogens is 352 g/mol. The van der Waals surface area contributed by atoms with Crippen molar-refractivity contribution in [3.8, 4) is 11.3 Å². The lowest BCUT2D eigenvalue weighted by atomic mass is 10.0. The summed E-state index contributed by atoms with van der Waals surface area (Å²) < 4.78 is 7.19. The Bertz CT molecular complexity index is 1100. The van der Waals surface area contributed by atoms with Crippen LogP contribution in [-0.4, -0.2) is 31.8 Å². The Hall–Kier alpha value is -3.32. The van der Waals surface area contributed by atoms with E-state index in [1.807, 2.05) is 38.5 Å². The van der Waals surface area contributed by atoms with Crippen LogP contribution in [0.5, 0.6) is 0 Å². The number of methoxy groups -OCH3 is 1. The summed E-state index contributed by atoms with van der Waals surface area (Å²) >= 11 is 0. The van der Waals surface area contributed by atoms with E-state index in [2.05, 4.69) is 43.6 Å². The van der Waals surface area contributed by atoms with E-state index in [0.717, 1.165) is 44.8 Å². The average molecular weight is 374 g/mol. The fraction of sp³-hybridized carbons (Fsp3) is 0.238. The summed E-state index contributed by atoms with van der Waals surface area (Å²) in [5.41, 5.74) is 5.86. The van der Waals surface area contributed by atoms with E-state index in [0.29, 0.717) is 13.2 Å². The maximum Gasteiger partial charge on any atom is 0.137 e. The first-order chi connectivity index (χ1) is 13.6. The third-order valence-corrected chi connectivity index (χ3v) is 4.53. The zero-order chi connectivity index (χ0) is 19.5. The fourth-order valence-electron chi connectivity index (χ4n) is 3.17. The zero-order valence-electron chi connectivity index (χ0n) is 16.2. The molecule has 0 atom stereocenters. The number of aromatic nitrogens is 5. The van der Waals surface area contributed by atoms with E-state index in [9.17, 15) is 0 Å². The maximum atomic E-state index is 5.40. The van der Waals surface area contributed by atoms with E-state index < -0.39 is 0 Å². The monoisotopic (exact) mass is 374 g/mol. The molecule has 1 aromatic carbocycles. The quantitative estimate of drug-likeness (QED) is 0.557.